The molecule has 16 N–H and O–H groups in total. The Morgan fingerprint density at radius 2 is 1.33 bits per heavy atom. The van der Waals surface area contributed by atoms with Gasteiger partial charge in [0.2, 0.25) is 23.6 Å². The Hall–Kier alpha value is -4.52. The van der Waals surface area contributed by atoms with Crippen molar-refractivity contribution in [3.8, 4) is 5.75 Å². The van der Waals surface area contributed by atoms with E-state index < -0.39 is 72.5 Å². The van der Waals surface area contributed by atoms with Gasteiger partial charge in [-0.05, 0) is 63.3 Å². The lowest BCUT2D eigenvalue weighted by Gasteiger charge is -2.26. The summed E-state index contributed by atoms with van der Waals surface area (Å²) < 4.78 is 0. The number of unbranched alkanes of at least 4 members (excludes halogenated alkanes) is 1. The van der Waals surface area contributed by atoms with Gasteiger partial charge in [0.1, 0.15) is 36.0 Å². The maximum absolute atomic E-state index is 13.5. The molecular weight excluding hydrogens is 606 g/mol. The number of phenols is 1. The van der Waals surface area contributed by atoms with Crippen molar-refractivity contribution in [3.05, 3.63) is 29.8 Å². The number of amides is 4. The molecular formula is C28H47N9O9. The summed E-state index contributed by atoms with van der Waals surface area (Å²) in [5.41, 5.74) is 22.3. The fourth-order valence-electron chi connectivity index (χ4n) is 4.10. The number of carboxylic acids is 1. The lowest BCUT2D eigenvalue weighted by molar-refractivity contribution is -0.142. The van der Waals surface area contributed by atoms with Gasteiger partial charge in [0.25, 0.3) is 0 Å². The second kappa shape index (κ2) is 20.5. The van der Waals surface area contributed by atoms with Crippen molar-refractivity contribution in [2.24, 2.45) is 27.9 Å². The number of carbonyl (C=O) groups excluding carboxylic acids is 4. The van der Waals surface area contributed by atoms with Gasteiger partial charge in [0.05, 0.1) is 12.7 Å². The number of rotatable bonds is 21. The third kappa shape index (κ3) is 14.5. The molecule has 0 aliphatic rings. The summed E-state index contributed by atoms with van der Waals surface area (Å²) in [5, 5.41) is 48.3. The molecule has 0 saturated heterocycles. The molecule has 258 valence electrons. The minimum atomic E-state index is -1.52. The van der Waals surface area contributed by atoms with Gasteiger partial charge in [-0.15, -0.1) is 0 Å². The third-order valence-electron chi connectivity index (χ3n) is 6.79. The largest absolute Gasteiger partial charge is 0.508 e. The molecule has 0 bridgehead atoms. The first kappa shape index (κ1) is 39.5. The lowest BCUT2D eigenvalue weighted by atomic mass is 10.0. The van der Waals surface area contributed by atoms with E-state index in [4.69, 9.17) is 22.9 Å². The Balaban J connectivity index is 3.21. The van der Waals surface area contributed by atoms with Crippen LogP contribution in [-0.4, -0.2) is 112 Å². The van der Waals surface area contributed by atoms with Crippen LogP contribution in [0, 0.1) is 0 Å². The Labute approximate surface area is 266 Å². The van der Waals surface area contributed by atoms with E-state index in [1.807, 2.05) is 0 Å². The first-order valence-corrected chi connectivity index (χ1v) is 14.7. The van der Waals surface area contributed by atoms with Crippen LogP contribution in [0.25, 0.3) is 0 Å². The molecule has 0 radical (unpaired) electrons. The molecule has 46 heavy (non-hydrogen) atoms. The number of hydrogen-bond acceptors (Lipinski definition) is 11. The number of aliphatic hydroxyl groups excluding tert-OH is 2. The number of nitrogens with two attached hydrogens (primary N) is 4. The molecule has 0 spiro atoms. The Morgan fingerprint density at radius 3 is 1.87 bits per heavy atom. The molecule has 18 heteroatoms. The van der Waals surface area contributed by atoms with Crippen LogP contribution >= 0.6 is 0 Å². The SMILES string of the molecule is C[C@@H](O)[C@H](N)C(=O)N[C@@H](CO)C(=O)N[C@@H](CCCCN)C(=O)N[C@@H](Cc1ccc(O)cc1)C(=O)N[C@@H](CCCN=C(N)N)C(=O)O. The molecule has 0 heterocycles. The van der Waals surface area contributed by atoms with Crippen molar-refractivity contribution in [2.75, 3.05) is 19.7 Å². The first-order valence-electron chi connectivity index (χ1n) is 14.7. The molecule has 0 aromatic heterocycles. The molecule has 0 saturated carbocycles. The van der Waals surface area contributed by atoms with Crippen molar-refractivity contribution in [3.63, 3.8) is 0 Å². The van der Waals surface area contributed by atoms with E-state index >= 15 is 0 Å². The summed E-state index contributed by atoms with van der Waals surface area (Å²) in [6.07, 6.45) is -0.234. The molecule has 0 aliphatic carbocycles. The number of aliphatic carboxylic acids is 1. The van der Waals surface area contributed by atoms with Crippen molar-refractivity contribution < 1.29 is 44.4 Å². The predicted molar refractivity (Wildman–Crippen MR) is 167 cm³/mol. The van der Waals surface area contributed by atoms with E-state index in [1.165, 1.54) is 31.2 Å². The summed E-state index contributed by atoms with van der Waals surface area (Å²) in [6.45, 7) is 0.833. The van der Waals surface area contributed by atoms with Gasteiger partial charge in [-0.3, -0.25) is 24.2 Å². The summed E-state index contributed by atoms with van der Waals surface area (Å²) in [5.74, 6) is -5.03. The summed E-state index contributed by atoms with van der Waals surface area (Å²) in [7, 11) is 0. The van der Waals surface area contributed by atoms with Gasteiger partial charge < -0.3 is 64.6 Å². The van der Waals surface area contributed by atoms with Crippen molar-refractivity contribution in [1.82, 2.24) is 21.3 Å². The Kier molecular flexibility index (Phi) is 17.6. The average Bonchev–Trinajstić information content (AvgIpc) is 3.00. The number of nitrogens with one attached hydrogen (secondary N) is 4. The normalized spacial score (nSPS) is 14.8. The molecule has 1 aromatic rings. The van der Waals surface area contributed by atoms with Gasteiger partial charge in [-0.25, -0.2) is 4.79 Å². The summed E-state index contributed by atoms with van der Waals surface area (Å²) in [6, 6.07) is -1.07. The van der Waals surface area contributed by atoms with Gasteiger partial charge in [-0.2, -0.15) is 0 Å². The Morgan fingerprint density at radius 1 is 0.804 bits per heavy atom. The smallest absolute Gasteiger partial charge is 0.326 e. The zero-order chi connectivity index (χ0) is 34.8. The number of benzene rings is 1. The van der Waals surface area contributed by atoms with Crippen LogP contribution in [0.4, 0.5) is 0 Å². The maximum Gasteiger partial charge on any atom is 0.326 e. The quantitative estimate of drug-likeness (QED) is 0.0341. The van der Waals surface area contributed by atoms with Crippen molar-refractivity contribution in [2.45, 2.75) is 81.8 Å². The van der Waals surface area contributed by atoms with Gasteiger partial charge >= 0.3 is 5.97 Å². The highest BCUT2D eigenvalue weighted by atomic mass is 16.4. The fourth-order valence-corrected chi connectivity index (χ4v) is 4.10. The number of carbonyl (C=O) groups is 5. The fraction of sp³-hybridized carbons (Fsp3) is 0.571. The Bertz CT molecular complexity index is 1180. The highest BCUT2D eigenvalue weighted by molar-refractivity contribution is 5.95. The van der Waals surface area contributed by atoms with Crippen molar-refractivity contribution >= 4 is 35.6 Å². The van der Waals surface area contributed by atoms with E-state index in [-0.39, 0.29) is 43.9 Å². The molecule has 1 rings (SSSR count). The van der Waals surface area contributed by atoms with E-state index in [9.17, 15) is 44.4 Å². The van der Waals surface area contributed by atoms with Crippen molar-refractivity contribution in [1.29, 1.82) is 0 Å². The van der Waals surface area contributed by atoms with Crippen LogP contribution in [0.15, 0.2) is 29.3 Å². The second-order valence-electron chi connectivity index (χ2n) is 10.6. The number of aliphatic imine (C=N–C) groups is 1. The van der Waals surface area contributed by atoms with E-state index in [2.05, 4.69) is 26.3 Å². The van der Waals surface area contributed by atoms with E-state index in [0.29, 0.717) is 24.9 Å². The number of guanidine groups is 1. The monoisotopic (exact) mass is 653 g/mol. The molecule has 4 amide bonds. The number of aliphatic hydroxyl groups is 2. The molecule has 18 nitrogen and oxygen atoms in total. The van der Waals surface area contributed by atoms with E-state index in [1.54, 1.807) is 0 Å². The standard InChI is InChI=1S/C28H47N9O9/c1-15(39)22(30)26(44)37-21(14-38)25(43)34-18(5-2-3-11-29)23(41)36-20(13-16-7-9-17(40)10-8-16)24(42)35-19(27(45)46)6-4-12-33-28(31)32/h7-10,15,18-22,38-40H,2-6,11-14,29-30H2,1H3,(H,34,43)(H,35,42)(H,36,41)(H,37,44)(H,45,46)(H4,31,32,33)/t15-,18+,19+,20+,21+,22+/m1/s1. The minimum Gasteiger partial charge on any atom is -0.508 e. The van der Waals surface area contributed by atoms with Crippen LogP contribution in [-0.2, 0) is 30.4 Å². The van der Waals surface area contributed by atoms with Crippen LogP contribution in [0.2, 0.25) is 0 Å². The highest BCUT2D eigenvalue weighted by Crippen LogP contribution is 2.13. The highest BCUT2D eigenvalue weighted by Gasteiger charge is 2.32. The van der Waals surface area contributed by atoms with Gasteiger partial charge in [-0.1, -0.05) is 12.1 Å². The first-order chi connectivity index (χ1) is 21.7. The predicted octanol–water partition coefficient (Wildman–Crippen LogP) is -4.16. The zero-order valence-electron chi connectivity index (χ0n) is 25.7. The minimum absolute atomic E-state index is 0.0253. The average molecular weight is 654 g/mol. The summed E-state index contributed by atoms with van der Waals surface area (Å²) >= 11 is 0. The second-order valence-corrected chi connectivity index (χ2v) is 10.6. The van der Waals surface area contributed by atoms with Gasteiger partial charge in [0.15, 0.2) is 5.96 Å². The van der Waals surface area contributed by atoms with E-state index in [0.717, 1.165) is 0 Å². The van der Waals surface area contributed by atoms with Crippen LogP contribution in [0.5, 0.6) is 5.75 Å². The topological polar surface area (TPSA) is 331 Å². The lowest BCUT2D eigenvalue weighted by Crippen LogP contribution is -2.60. The van der Waals surface area contributed by atoms with Gasteiger partial charge in [0, 0.05) is 13.0 Å². The number of phenolic OH excluding ortho intramolecular Hbond substituents is 1. The zero-order valence-corrected chi connectivity index (χ0v) is 25.7. The molecule has 0 fully saturated rings. The number of carboxylic acid groups (broad SMARTS) is 1. The number of nitrogens with zero attached hydrogens (tertiary/aromatic N) is 1. The molecule has 1 aromatic carbocycles. The van der Waals surface area contributed by atoms with Crippen LogP contribution in [0.1, 0.15) is 44.6 Å². The molecule has 0 aliphatic heterocycles. The molecule has 0 unspecified atom stereocenters. The number of hydrogen-bond donors (Lipinski definition) is 12. The molecule has 6 atom stereocenters. The third-order valence-corrected chi connectivity index (χ3v) is 6.79. The summed E-state index contributed by atoms with van der Waals surface area (Å²) in [4.78, 5) is 67.8. The van der Waals surface area contributed by atoms with Crippen LogP contribution < -0.4 is 44.2 Å². The van der Waals surface area contributed by atoms with Crippen LogP contribution in [0.3, 0.4) is 0 Å². The number of aromatic hydroxyl groups is 1. The maximum atomic E-state index is 13.5.